The largest absolute Gasteiger partial charge is 0.357 e. The fourth-order valence-electron chi connectivity index (χ4n) is 1.88. The van der Waals surface area contributed by atoms with E-state index in [1.807, 2.05) is 24.0 Å². The summed E-state index contributed by atoms with van der Waals surface area (Å²) < 4.78 is 4.16. The van der Waals surface area contributed by atoms with E-state index in [2.05, 4.69) is 27.0 Å². The molecule has 0 bridgehead atoms. The smallest absolute Gasteiger partial charge is 0.128 e. The van der Waals surface area contributed by atoms with E-state index in [9.17, 15) is 0 Å². The van der Waals surface area contributed by atoms with Gasteiger partial charge in [0.1, 0.15) is 10.7 Å². The van der Waals surface area contributed by atoms with Crippen LogP contribution in [0.5, 0.6) is 0 Å². The number of aryl methyl sites for hydroxylation is 1. The van der Waals surface area contributed by atoms with E-state index in [0.29, 0.717) is 6.54 Å². The van der Waals surface area contributed by atoms with Gasteiger partial charge in [0.05, 0.1) is 18.4 Å². The summed E-state index contributed by atoms with van der Waals surface area (Å²) in [5.41, 5.74) is 8.05. The molecule has 0 aliphatic heterocycles. The molecule has 4 nitrogen and oxygen atoms in total. The Labute approximate surface area is 97.0 Å². The maximum Gasteiger partial charge on any atom is 0.128 e. The number of nitrogens with two attached hydrogens (primary N) is 1. The third-order valence-electron chi connectivity index (χ3n) is 2.65. The van der Waals surface area contributed by atoms with E-state index in [1.165, 1.54) is 11.3 Å². The molecule has 0 aromatic carbocycles. The lowest BCUT2D eigenvalue weighted by Crippen LogP contribution is -2.02. The Kier molecular flexibility index (Phi) is 2.08. The summed E-state index contributed by atoms with van der Waals surface area (Å²) >= 11 is 1.69. The predicted molar refractivity (Wildman–Crippen MR) is 65.4 cm³/mol. The molecule has 5 heteroatoms. The molecule has 2 N–H and O–H groups in total. The normalized spacial score (nSPS) is 11.4. The predicted octanol–water partition coefficient (Wildman–Crippen LogP) is 1.86. The molecule has 82 valence electrons. The Morgan fingerprint density at radius 3 is 3.06 bits per heavy atom. The summed E-state index contributed by atoms with van der Waals surface area (Å²) in [6, 6.07) is 2.10. The van der Waals surface area contributed by atoms with E-state index in [1.54, 1.807) is 11.3 Å². The summed E-state index contributed by atoms with van der Waals surface area (Å²) in [6.07, 6.45) is 6.01. The second kappa shape index (κ2) is 3.47. The summed E-state index contributed by atoms with van der Waals surface area (Å²) in [6.45, 7) is 0.463. The van der Waals surface area contributed by atoms with Gasteiger partial charge in [-0.1, -0.05) is 0 Å². The van der Waals surface area contributed by atoms with Crippen molar-refractivity contribution in [3.8, 4) is 11.3 Å². The lowest BCUT2D eigenvalue weighted by molar-refractivity contribution is 0.908. The highest BCUT2D eigenvalue weighted by atomic mass is 32.1. The van der Waals surface area contributed by atoms with Crippen molar-refractivity contribution < 1.29 is 0 Å². The van der Waals surface area contributed by atoms with E-state index >= 15 is 0 Å². The zero-order valence-electron chi connectivity index (χ0n) is 8.92. The second-order valence-corrected chi connectivity index (χ2v) is 4.63. The van der Waals surface area contributed by atoms with Crippen LogP contribution in [0.1, 0.15) is 5.82 Å². The SMILES string of the molecule is Cn1ccc(-c2csc3cnc(CN)n23)c1. The van der Waals surface area contributed by atoms with Gasteiger partial charge >= 0.3 is 0 Å². The number of nitrogens with zero attached hydrogens (tertiary/aromatic N) is 3. The van der Waals surface area contributed by atoms with Gasteiger partial charge in [0.2, 0.25) is 0 Å². The van der Waals surface area contributed by atoms with Gasteiger partial charge in [-0.05, 0) is 6.07 Å². The number of rotatable bonds is 2. The van der Waals surface area contributed by atoms with Gasteiger partial charge in [-0.15, -0.1) is 11.3 Å². The molecule has 3 aromatic rings. The maximum absolute atomic E-state index is 5.69. The Balaban J connectivity index is 2.26. The zero-order chi connectivity index (χ0) is 11.1. The van der Waals surface area contributed by atoms with Gasteiger partial charge in [-0.25, -0.2) is 4.98 Å². The molecule has 0 unspecified atom stereocenters. The molecule has 16 heavy (non-hydrogen) atoms. The van der Waals surface area contributed by atoms with Crippen molar-refractivity contribution in [1.82, 2.24) is 14.0 Å². The van der Waals surface area contributed by atoms with Gasteiger partial charge in [0.25, 0.3) is 0 Å². The Morgan fingerprint density at radius 1 is 1.50 bits per heavy atom. The van der Waals surface area contributed by atoms with Crippen LogP contribution in [0.25, 0.3) is 16.1 Å². The topological polar surface area (TPSA) is 48.2 Å². The molecule has 0 spiro atoms. The molecule has 3 rings (SSSR count). The minimum atomic E-state index is 0.463. The number of imidazole rings is 1. The van der Waals surface area contributed by atoms with Gasteiger partial charge in [0, 0.05) is 30.4 Å². The number of thiazole rings is 1. The molecule has 0 saturated carbocycles. The fourth-order valence-corrected chi connectivity index (χ4v) is 2.77. The average molecular weight is 232 g/mol. The molecule has 3 aromatic heterocycles. The standard InChI is InChI=1S/C11H12N4S/c1-14-3-2-8(6-14)9-7-16-11-5-13-10(4-12)15(9)11/h2-3,5-7H,4,12H2,1H3. The van der Waals surface area contributed by atoms with Crippen molar-refractivity contribution in [2.24, 2.45) is 12.8 Å². The molecular formula is C11H12N4S. The molecule has 0 amide bonds. The summed E-state index contributed by atoms with van der Waals surface area (Å²) in [4.78, 5) is 5.45. The van der Waals surface area contributed by atoms with Crippen molar-refractivity contribution in [2.45, 2.75) is 6.54 Å². The van der Waals surface area contributed by atoms with Crippen LogP contribution in [-0.2, 0) is 13.6 Å². The minimum absolute atomic E-state index is 0.463. The summed E-state index contributed by atoms with van der Waals surface area (Å²) in [5.74, 6) is 0.912. The van der Waals surface area contributed by atoms with Crippen LogP contribution in [0.3, 0.4) is 0 Å². The number of hydrogen-bond donors (Lipinski definition) is 1. The third kappa shape index (κ3) is 1.29. The Bertz CT molecular complexity index is 631. The fraction of sp³-hybridized carbons (Fsp3) is 0.182. The first-order valence-corrected chi connectivity index (χ1v) is 5.94. The second-order valence-electron chi connectivity index (χ2n) is 3.74. The van der Waals surface area contributed by atoms with Crippen molar-refractivity contribution in [3.05, 3.63) is 35.9 Å². The van der Waals surface area contributed by atoms with Gasteiger partial charge in [0.15, 0.2) is 0 Å². The van der Waals surface area contributed by atoms with Crippen molar-refractivity contribution in [2.75, 3.05) is 0 Å². The van der Waals surface area contributed by atoms with E-state index < -0.39 is 0 Å². The Morgan fingerprint density at radius 2 is 2.38 bits per heavy atom. The average Bonchev–Trinajstić information content (AvgIpc) is 2.92. The first-order valence-electron chi connectivity index (χ1n) is 5.06. The lowest BCUT2D eigenvalue weighted by Gasteiger charge is -1.99. The van der Waals surface area contributed by atoms with Crippen molar-refractivity contribution >= 4 is 16.2 Å². The summed E-state index contributed by atoms with van der Waals surface area (Å²) in [7, 11) is 2.02. The zero-order valence-corrected chi connectivity index (χ0v) is 9.74. The summed E-state index contributed by atoms with van der Waals surface area (Å²) in [5, 5.41) is 2.14. The molecule has 0 radical (unpaired) electrons. The van der Waals surface area contributed by atoms with Crippen LogP contribution in [0.15, 0.2) is 30.0 Å². The highest BCUT2D eigenvalue weighted by Gasteiger charge is 2.11. The van der Waals surface area contributed by atoms with E-state index in [4.69, 9.17) is 5.73 Å². The minimum Gasteiger partial charge on any atom is -0.357 e. The van der Waals surface area contributed by atoms with E-state index in [0.717, 1.165) is 10.7 Å². The molecular weight excluding hydrogens is 220 g/mol. The molecule has 3 heterocycles. The quantitative estimate of drug-likeness (QED) is 0.733. The molecule has 0 saturated heterocycles. The van der Waals surface area contributed by atoms with E-state index in [-0.39, 0.29) is 0 Å². The van der Waals surface area contributed by atoms with Gasteiger partial charge < -0.3 is 10.3 Å². The van der Waals surface area contributed by atoms with Gasteiger partial charge in [-0.3, -0.25) is 4.40 Å². The van der Waals surface area contributed by atoms with Crippen LogP contribution in [-0.4, -0.2) is 14.0 Å². The first kappa shape index (κ1) is 9.62. The third-order valence-corrected chi connectivity index (χ3v) is 3.52. The van der Waals surface area contributed by atoms with Crippen LogP contribution in [0.4, 0.5) is 0 Å². The maximum atomic E-state index is 5.69. The van der Waals surface area contributed by atoms with Crippen molar-refractivity contribution in [3.63, 3.8) is 0 Å². The highest BCUT2D eigenvalue weighted by molar-refractivity contribution is 7.15. The lowest BCUT2D eigenvalue weighted by atomic mass is 10.3. The molecule has 0 atom stereocenters. The number of hydrogen-bond acceptors (Lipinski definition) is 3. The van der Waals surface area contributed by atoms with Crippen LogP contribution in [0.2, 0.25) is 0 Å². The molecule has 0 aliphatic carbocycles. The monoisotopic (exact) mass is 232 g/mol. The highest BCUT2D eigenvalue weighted by Crippen LogP contribution is 2.27. The van der Waals surface area contributed by atoms with Crippen LogP contribution >= 0.6 is 11.3 Å². The number of fused-ring (bicyclic) bond motifs is 1. The number of aromatic nitrogens is 3. The first-order chi connectivity index (χ1) is 7.79. The molecule has 0 aliphatic rings. The molecule has 0 fully saturated rings. The van der Waals surface area contributed by atoms with Crippen LogP contribution in [0, 0.1) is 0 Å². The Hall–Kier alpha value is -1.59. The van der Waals surface area contributed by atoms with Crippen molar-refractivity contribution in [1.29, 1.82) is 0 Å². The van der Waals surface area contributed by atoms with Gasteiger partial charge in [-0.2, -0.15) is 0 Å². The van der Waals surface area contributed by atoms with Crippen LogP contribution < -0.4 is 5.73 Å².